The molecule has 1 heterocycles. The lowest BCUT2D eigenvalue weighted by Gasteiger charge is -2.36. The van der Waals surface area contributed by atoms with Crippen LogP contribution in [0.5, 0.6) is 5.75 Å². The number of likely N-dealkylation sites (N-methyl/N-ethyl adjacent to an activating group) is 1. The topological polar surface area (TPSA) is 63.1 Å². The lowest BCUT2D eigenvalue weighted by molar-refractivity contribution is -0.886. The lowest BCUT2D eigenvalue weighted by atomic mass is 9.91. The first-order chi connectivity index (χ1) is 12.7. The summed E-state index contributed by atoms with van der Waals surface area (Å²) in [6.07, 6.45) is 1.16. The number of hydrogen-bond acceptors (Lipinski definition) is 3. The van der Waals surface area contributed by atoms with Gasteiger partial charge < -0.3 is 19.9 Å². The van der Waals surface area contributed by atoms with Crippen molar-refractivity contribution >= 4 is 29.1 Å². The Kier molecular flexibility index (Phi) is 7.50. The Labute approximate surface area is 166 Å². The van der Waals surface area contributed by atoms with Gasteiger partial charge >= 0.3 is 0 Å². The fraction of sp³-hybridized carbons (Fsp3) is 0.600. The molecule has 0 spiro atoms. The Balaban J connectivity index is 1.95. The summed E-state index contributed by atoms with van der Waals surface area (Å²) in [4.78, 5) is 28.1. The van der Waals surface area contributed by atoms with Crippen LogP contribution in [0.4, 0.5) is 5.69 Å². The Bertz CT molecular complexity index is 672. The molecule has 2 amide bonds. The Morgan fingerprint density at radius 1 is 1.33 bits per heavy atom. The second-order valence-electron chi connectivity index (χ2n) is 7.83. The number of carbonyl (C=O) groups is 2. The fourth-order valence-electron chi connectivity index (χ4n) is 3.71. The van der Waals surface area contributed by atoms with E-state index in [4.69, 9.17) is 16.3 Å². The van der Waals surface area contributed by atoms with Gasteiger partial charge in [-0.3, -0.25) is 9.59 Å². The van der Waals surface area contributed by atoms with Crippen LogP contribution >= 0.6 is 11.6 Å². The summed E-state index contributed by atoms with van der Waals surface area (Å²) < 4.78 is 5.25. The van der Waals surface area contributed by atoms with Crippen molar-refractivity contribution in [3.05, 3.63) is 23.2 Å². The summed E-state index contributed by atoms with van der Waals surface area (Å²) in [6.45, 7) is 8.03. The van der Waals surface area contributed by atoms with E-state index in [1.807, 2.05) is 18.9 Å². The second-order valence-corrected chi connectivity index (χ2v) is 8.26. The van der Waals surface area contributed by atoms with Gasteiger partial charge in [0.05, 0.1) is 19.8 Å². The Hall–Kier alpha value is -1.79. The molecule has 1 saturated heterocycles. The van der Waals surface area contributed by atoms with Gasteiger partial charge in [0.25, 0.3) is 11.8 Å². The van der Waals surface area contributed by atoms with Gasteiger partial charge in [0, 0.05) is 18.1 Å². The number of benzene rings is 1. The van der Waals surface area contributed by atoms with Gasteiger partial charge in [-0.15, -0.1) is 0 Å². The summed E-state index contributed by atoms with van der Waals surface area (Å²) in [6, 6.07) is 4.78. The van der Waals surface area contributed by atoms with Crippen LogP contribution in [0.25, 0.3) is 0 Å². The van der Waals surface area contributed by atoms with E-state index < -0.39 is 0 Å². The largest absolute Gasteiger partial charge is 0.495 e. The highest BCUT2D eigenvalue weighted by atomic mass is 35.5. The first kappa shape index (κ1) is 21.5. The summed E-state index contributed by atoms with van der Waals surface area (Å²) >= 11 is 6.00. The van der Waals surface area contributed by atoms with E-state index >= 15 is 0 Å². The molecule has 1 unspecified atom stereocenters. The summed E-state index contributed by atoms with van der Waals surface area (Å²) in [5.74, 6) is 1.51. The first-order valence-corrected chi connectivity index (χ1v) is 9.83. The molecule has 2 rings (SSSR count). The summed E-state index contributed by atoms with van der Waals surface area (Å²) in [5.41, 5.74) is 0.528. The molecular formula is C20H31ClN3O3+. The zero-order valence-corrected chi connectivity index (χ0v) is 17.6. The van der Waals surface area contributed by atoms with Crippen LogP contribution in [0.15, 0.2) is 18.2 Å². The van der Waals surface area contributed by atoms with Crippen LogP contribution in [0, 0.1) is 11.8 Å². The predicted molar refractivity (Wildman–Crippen MR) is 107 cm³/mol. The number of amides is 2. The number of anilines is 1. The number of nitrogens with one attached hydrogen (secondary N) is 2. The monoisotopic (exact) mass is 396 g/mol. The highest BCUT2D eigenvalue weighted by Gasteiger charge is 2.32. The molecule has 1 aromatic rings. The summed E-state index contributed by atoms with van der Waals surface area (Å²) in [7, 11) is 3.41. The molecule has 0 aromatic heterocycles. The van der Waals surface area contributed by atoms with E-state index in [9.17, 15) is 9.59 Å². The minimum atomic E-state index is -0.283. The molecule has 150 valence electrons. The van der Waals surface area contributed by atoms with Gasteiger partial charge in [-0.2, -0.15) is 0 Å². The van der Waals surface area contributed by atoms with Crippen LogP contribution in [-0.2, 0) is 9.59 Å². The quantitative estimate of drug-likeness (QED) is 0.769. The molecule has 27 heavy (non-hydrogen) atoms. The number of halogens is 1. The molecule has 1 aliphatic heterocycles. The van der Waals surface area contributed by atoms with Crippen LogP contribution < -0.4 is 15.0 Å². The third kappa shape index (κ3) is 5.84. The highest BCUT2D eigenvalue weighted by Crippen LogP contribution is 2.27. The molecular weight excluding hydrogens is 366 g/mol. The van der Waals surface area contributed by atoms with Crippen molar-refractivity contribution < 1.29 is 19.2 Å². The number of ether oxygens (including phenoxy) is 1. The number of piperidine rings is 1. The van der Waals surface area contributed by atoms with Gasteiger partial charge in [-0.1, -0.05) is 25.4 Å². The highest BCUT2D eigenvalue weighted by molar-refractivity contribution is 6.31. The van der Waals surface area contributed by atoms with Gasteiger partial charge in [-0.25, -0.2) is 0 Å². The Morgan fingerprint density at radius 2 is 1.96 bits per heavy atom. The molecule has 0 radical (unpaired) electrons. The molecule has 2 N–H and O–H groups in total. The van der Waals surface area contributed by atoms with Crippen molar-refractivity contribution in [1.82, 2.24) is 4.90 Å². The van der Waals surface area contributed by atoms with E-state index in [2.05, 4.69) is 19.2 Å². The van der Waals surface area contributed by atoms with Crippen molar-refractivity contribution in [2.75, 3.05) is 39.1 Å². The predicted octanol–water partition coefficient (Wildman–Crippen LogP) is 1.69. The van der Waals surface area contributed by atoms with Crippen molar-refractivity contribution in [1.29, 1.82) is 0 Å². The fourth-order valence-corrected chi connectivity index (χ4v) is 3.88. The molecule has 1 fully saturated rings. The molecule has 0 bridgehead atoms. The number of quaternary nitrogens is 1. The third-order valence-corrected chi connectivity index (χ3v) is 5.40. The minimum Gasteiger partial charge on any atom is -0.495 e. The third-order valence-electron chi connectivity index (χ3n) is 5.17. The van der Waals surface area contributed by atoms with Crippen LogP contribution in [0.1, 0.15) is 27.2 Å². The average Bonchev–Trinajstić information content (AvgIpc) is 2.59. The van der Waals surface area contributed by atoms with Crippen molar-refractivity contribution in [3.8, 4) is 5.75 Å². The minimum absolute atomic E-state index is 0.110. The van der Waals surface area contributed by atoms with Gasteiger partial charge in [0.1, 0.15) is 5.75 Å². The zero-order chi connectivity index (χ0) is 20.1. The first-order valence-electron chi connectivity index (χ1n) is 9.45. The van der Waals surface area contributed by atoms with Crippen LogP contribution in [0.3, 0.4) is 0 Å². The van der Waals surface area contributed by atoms with Crippen molar-refractivity contribution in [2.24, 2.45) is 11.8 Å². The van der Waals surface area contributed by atoms with E-state index in [0.29, 0.717) is 28.3 Å². The number of methoxy groups -OCH3 is 1. The number of rotatable bonds is 6. The Morgan fingerprint density at radius 3 is 2.56 bits per heavy atom. The second kappa shape index (κ2) is 9.42. The van der Waals surface area contributed by atoms with Crippen LogP contribution in [-0.4, -0.2) is 56.5 Å². The molecule has 0 saturated carbocycles. The summed E-state index contributed by atoms with van der Waals surface area (Å²) in [5, 5.41) is 3.34. The maximum absolute atomic E-state index is 12.9. The SMILES string of the molecule is COc1ccc(Cl)cc1NC(=O)C[NH+](C)[C@H](C)C(=O)N1C[C@H](C)C[C@H](C)C1. The van der Waals surface area contributed by atoms with Gasteiger partial charge in [0.15, 0.2) is 12.6 Å². The maximum Gasteiger partial charge on any atom is 0.280 e. The van der Waals surface area contributed by atoms with Gasteiger partial charge in [0.2, 0.25) is 0 Å². The molecule has 0 aliphatic carbocycles. The number of carbonyl (C=O) groups excluding carboxylic acids is 2. The van der Waals surface area contributed by atoms with Crippen molar-refractivity contribution in [2.45, 2.75) is 33.2 Å². The standard InChI is InChI=1S/C20H30ClN3O3/c1-13-8-14(2)11-24(10-13)20(26)15(3)23(4)12-19(25)22-17-9-16(21)6-7-18(17)27-5/h6-7,9,13-15H,8,10-12H2,1-5H3,(H,22,25)/p+1/t13-,14+,15-/m1/s1. The van der Waals surface area contributed by atoms with Crippen molar-refractivity contribution in [3.63, 3.8) is 0 Å². The van der Waals surface area contributed by atoms with E-state index in [0.717, 1.165) is 24.4 Å². The number of likely N-dealkylation sites (tertiary alicyclic amines) is 1. The number of hydrogen-bond donors (Lipinski definition) is 2. The van der Waals surface area contributed by atoms with E-state index in [1.165, 1.54) is 7.11 Å². The molecule has 1 aliphatic rings. The normalized spacial score (nSPS) is 22.1. The van der Waals surface area contributed by atoms with Gasteiger partial charge in [-0.05, 0) is 43.4 Å². The maximum atomic E-state index is 12.9. The van der Waals surface area contributed by atoms with Crippen LogP contribution in [0.2, 0.25) is 5.02 Å². The molecule has 4 atom stereocenters. The van der Waals surface area contributed by atoms with E-state index in [-0.39, 0.29) is 24.4 Å². The molecule has 6 nitrogen and oxygen atoms in total. The zero-order valence-electron chi connectivity index (χ0n) is 16.8. The van der Waals surface area contributed by atoms with E-state index in [1.54, 1.807) is 18.2 Å². The molecule has 7 heteroatoms. The average molecular weight is 397 g/mol. The smallest absolute Gasteiger partial charge is 0.280 e. The number of nitrogens with zero attached hydrogens (tertiary/aromatic N) is 1. The molecule has 1 aromatic carbocycles. The lowest BCUT2D eigenvalue weighted by Crippen LogP contribution is -3.15.